The lowest BCUT2D eigenvalue weighted by Crippen LogP contribution is -2.24. The number of hydrogen-bond acceptors (Lipinski definition) is 4. The van der Waals surface area contributed by atoms with E-state index in [2.05, 4.69) is 17.6 Å². The third-order valence-corrected chi connectivity index (χ3v) is 6.74. The Kier molecular flexibility index (Phi) is 9.47. The average molecular weight is 455 g/mol. The van der Waals surface area contributed by atoms with E-state index in [0.29, 0.717) is 6.61 Å². The molecule has 1 saturated carbocycles. The van der Waals surface area contributed by atoms with Crippen molar-refractivity contribution >= 4 is 35.0 Å². The molecule has 1 aliphatic carbocycles. The Labute approximate surface area is 195 Å². The fraction of sp³-hybridized carbons (Fsp3) is 0.462. The Morgan fingerprint density at radius 3 is 2.50 bits per heavy atom. The van der Waals surface area contributed by atoms with Crippen LogP contribution in [-0.4, -0.2) is 23.7 Å². The van der Waals surface area contributed by atoms with Gasteiger partial charge >= 0.3 is 0 Å². The lowest BCUT2D eigenvalue weighted by Gasteiger charge is -2.21. The van der Waals surface area contributed by atoms with Crippen LogP contribution in [0.1, 0.15) is 58.8 Å². The normalized spacial score (nSPS) is 15.1. The van der Waals surface area contributed by atoms with Crippen molar-refractivity contribution in [1.29, 1.82) is 0 Å². The Bertz CT molecular complexity index is 879. The Balaban J connectivity index is 1.50. The molecule has 2 amide bonds. The minimum absolute atomic E-state index is 0.0636. The molecule has 1 atom stereocenters. The lowest BCUT2D eigenvalue weighted by molar-refractivity contribution is -0.120. The van der Waals surface area contributed by atoms with Crippen molar-refractivity contribution in [2.75, 3.05) is 17.2 Å². The van der Waals surface area contributed by atoms with Crippen molar-refractivity contribution < 1.29 is 14.3 Å². The lowest BCUT2D eigenvalue weighted by atomic mass is 9.88. The molecule has 0 saturated heterocycles. The molecule has 2 aromatic rings. The number of benzene rings is 2. The number of nitrogens with one attached hydrogen (secondary N) is 2. The van der Waals surface area contributed by atoms with E-state index in [1.165, 1.54) is 18.2 Å². The van der Waals surface area contributed by atoms with Crippen LogP contribution in [0, 0.1) is 5.92 Å². The highest BCUT2D eigenvalue weighted by atomic mass is 32.2. The molecule has 6 heteroatoms. The van der Waals surface area contributed by atoms with Crippen LogP contribution in [0.4, 0.5) is 11.4 Å². The SMILES string of the molecule is CCCCOc1ccc(NC(=O)C(C)Sc2cccc(NC(=O)C3CCCCC3)c2)cc1. The van der Waals surface area contributed by atoms with E-state index < -0.39 is 0 Å². The molecule has 0 heterocycles. The second-order valence-electron chi connectivity index (χ2n) is 8.33. The van der Waals surface area contributed by atoms with Crippen molar-refractivity contribution in [3.8, 4) is 5.75 Å². The maximum atomic E-state index is 12.6. The number of anilines is 2. The third kappa shape index (κ3) is 7.59. The molecule has 1 unspecified atom stereocenters. The number of hydrogen-bond donors (Lipinski definition) is 2. The van der Waals surface area contributed by atoms with Crippen LogP contribution < -0.4 is 15.4 Å². The fourth-order valence-electron chi connectivity index (χ4n) is 3.73. The molecule has 2 aromatic carbocycles. The van der Waals surface area contributed by atoms with Crippen molar-refractivity contribution in [1.82, 2.24) is 0 Å². The summed E-state index contributed by atoms with van der Waals surface area (Å²) in [6, 6.07) is 15.2. The summed E-state index contributed by atoms with van der Waals surface area (Å²) in [6.07, 6.45) is 7.57. The van der Waals surface area contributed by atoms with Crippen molar-refractivity contribution in [2.24, 2.45) is 5.92 Å². The van der Waals surface area contributed by atoms with Crippen LogP contribution >= 0.6 is 11.8 Å². The molecule has 1 aliphatic rings. The summed E-state index contributed by atoms with van der Waals surface area (Å²) in [5.41, 5.74) is 1.54. The summed E-state index contributed by atoms with van der Waals surface area (Å²) in [5, 5.41) is 5.74. The van der Waals surface area contributed by atoms with Crippen molar-refractivity contribution in [3.05, 3.63) is 48.5 Å². The number of carbonyl (C=O) groups excluding carboxylic acids is 2. The van der Waals surface area contributed by atoms with E-state index in [0.717, 1.165) is 60.5 Å². The van der Waals surface area contributed by atoms with Gasteiger partial charge in [0.05, 0.1) is 11.9 Å². The summed E-state index contributed by atoms with van der Waals surface area (Å²) < 4.78 is 5.66. The molecular formula is C26H34N2O3S. The molecule has 0 aliphatic heterocycles. The highest BCUT2D eigenvalue weighted by molar-refractivity contribution is 8.00. The quantitative estimate of drug-likeness (QED) is 0.317. The van der Waals surface area contributed by atoms with E-state index in [1.807, 2.05) is 55.5 Å². The zero-order valence-corrected chi connectivity index (χ0v) is 19.9. The maximum Gasteiger partial charge on any atom is 0.237 e. The molecule has 32 heavy (non-hydrogen) atoms. The van der Waals surface area contributed by atoms with Gasteiger partial charge in [0, 0.05) is 22.2 Å². The molecule has 0 aromatic heterocycles. The van der Waals surface area contributed by atoms with Crippen LogP contribution in [0.3, 0.4) is 0 Å². The van der Waals surface area contributed by atoms with Gasteiger partial charge in [-0.2, -0.15) is 0 Å². The molecule has 0 spiro atoms. The largest absolute Gasteiger partial charge is 0.494 e. The highest BCUT2D eigenvalue weighted by Gasteiger charge is 2.21. The van der Waals surface area contributed by atoms with Gasteiger partial charge in [-0.05, 0) is 68.7 Å². The standard InChI is InChI=1S/C26H34N2O3S/c1-3-4-17-31-23-15-13-21(14-16-23)27-25(29)19(2)32-24-12-8-11-22(18-24)28-26(30)20-9-6-5-7-10-20/h8,11-16,18-20H,3-7,9-10,17H2,1-2H3,(H,27,29)(H,28,30). The topological polar surface area (TPSA) is 67.4 Å². The highest BCUT2D eigenvalue weighted by Crippen LogP contribution is 2.29. The van der Waals surface area contributed by atoms with Crippen LogP contribution in [-0.2, 0) is 9.59 Å². The van der Waals surface area contributed by atoms with Crippen LogP contribution in [0.15, 0.2) is 53.4 Å². The first-order valence-electron chi connectivity index (χ1n) is 11.7. The van der Waals surface area contributed by atoms with E-state index in [4.69, 9.17) is 4.74 Å². The van der Waals surface area contributed by atoms with Gasteiger partial charge in [0.15, 0.2) is 0 Å². The Hall–Kier alpha value is -2.47. The smallest absolute Gasteiger partial charge is 0.237 e. The first-order valence-corrected chi connectivity index (χ1v) is 12.5. The first-order chi connectivity index (χ1) is 15.5. The predicted molar refractivity (Wildman–Crippen MR) is 132 cm³/mol. The number of ether oxygens (including phenoxy) is 1. The predicted octanol–water partition coefficient (Wildman–Crippen LogP) is 6.50. The van der Waals surface area contributed by atoms with Crippen LogP contribution in [0.2, 0.25) is 0 Å². The van der Waals surface area contributed by atoms with Crippen LogP contribution in [0.5, 0.6) is 5.75 Å². The van der Waals surface area contributed by atoms with Gasteiger partial charge in [-0.15, -0.1) is 11.8 Å². The summed E-state index contributed by atoms with van der Waals surface area (Å²) in [7, 11) is 0. The number of carbonyl (C=O) groups is 2. The minimum Gasteiger partial charge on any atom is -0.494 e. The molecule has 3 rings (SSSR count). The van der Waals surface area contributed by atoms with Crippen molar-refractivity contribution in [3.63, 3.8) is 0 Å². The first kappa shape index (κ1) is 24.2. The summed E-state index contributed by atoms with van der Waals surface area (Å²) in [6.45, 7) is 4.72. The zero-order valence-electron chi connectivity index (χ0n) is 19.1. The number of thioether (sulfide) groups is 1. The molecule has 2 N–H and O–H groups in total. The second-order valence-corrected chi connectivity index (χ2v) is 9.74. The van der Waals surface area contributed by atoms with Gasteiger partial charge in [-0.1, -0.05) is 38.7 Å². The van der Waals surface area contributed by atoms with E-state index >= 15 is 0 Å². The average Bonchev–Trinajstić information content (AvgIpc) is 2.81. The van der Waals surface area contributed by atoms with Gasteiger partial charge < -0.3 is 15.4 Å². The Morgan fingerprint density at radius 1 is 1.03 bits per heavy atom. The number of amides is 2. The second kappa shape index (κ2) is 12.5. The molecule has 1 fully saturated rings. The fourth-order valence-corrected chi connectivity index (χ4v) is 4.65. The number of unbranched alkanes of at least 4 members (excludes halogenated alkanes) is 1. The third-order valence-electron chi connectivity index (χ3n) is 5.65. The van der Waals surface area contributed by atoms with Gasteiger partial charge in [0.2, 0.25) is 11.8 Å². The zero-order chi connectivity index (χ0) is 22.8. The summed E-state index contributed by atoms with van der Waals surface area (Å²) >= 11 is 1.48. The molecule has 0 bridgehead atoms. The van der Waals surface area contributed by atoms with Gasteiger partial charge in [0.25, 0.3) is 0 Å². The van der Waals surface area contributed by atoms with Gasteiger partial charge in [-0.3, -0.25) is 9.59 Å². The molecular weight excluding hydrogens is 420 g/mol. The van der Waals surface area contributed by atoms with Crippen LogP contribution in [0.25, 0.3) is 0 Å². The van der Waals surface area contributed by atoms with Gasteiger partial charge in [-0.25, -0.2) is 0 Å². The summed E-state index contributed by atoms with van der Waals surface area (Å²) in [5.74, 6) is 0.977. The van der Waals surface area contributed by atoms with E-state index in [9.17, 15) is 9.59 Å². The summed E-state index contributed by atoms with van der Waals surface area (Å²) in [4.78, 5) is 26.1. The van der Waals surface area contributed by atoms with Gasteiger partial charge in [0.1, 0.15) is 5.75 Å². The molecule has 5 nitrogen and oxygen atoms in total. The molecule has 172 valence electrons. The van der Waals surface area contributed by atoms with Crippen molar-refractivity contribution in [2.45, 2.75) is 68.9 Å². The monoisotopic (exact) mass is 454 g/mol. The number of rotatable bonds is 10. The maximum absolute atomic E-state index is 12.6. The van der Waals surface area contributed by atoms with E-state index in [-0.39, 0.29) is 23.0 Å². The van der Waals surface area contributed by atoms with E-state index in [1.54, 1.807) is 0 Å². The molecule has 0 radical (unpaired) electrons. The minimum atomic E-state index is -0.278. The Morgan fingerprint density at radius 2 is 1.78 bits per heavy atom.